The monoisotopic (exact) mass is 254 g/mol. The molecule has 0 amide bonds. The number of hydrogen-bond donors (Lipinski definition) is 1. The number of hydrogen-bond acceptors (Lipinski definition) is 3. The lowest BCUT2D eigenvalue weighted by Gasteiger charge is -2.16. The van der Waals surface area contributed by atoms with Crippen molar-refractivity contribution in [1.29, 1.82) is 0 Å². The summed E-state index contributed by atoms with van der Waals surface area (Å²) >= 11 is 1.76. The third-order valence-corrected chi connectivity index (χ3v) is 3.83. The molecule has 0 aromatic carbocycles. The first kappa shape index (κ1) is 14.7. The molecule has 0 aliphatic carbocycles. The van der Waals surface area contributed by atoms with E-state index in [2.05, 4.69) is 38.1 Å². The Morgan fingerprint density at radius 3 is 2.71 bits per heavy atom. The summed E-state index contributed by atoms with van der Waals surface area (Å²) in [5.74, 6) is 0. The van der Waals surface area contributed by atoms with Crippen LogP contribution in [0.2, 0.25) is 0 Å². The molecular weight excluding hydrogens is 228 g/mol. The Bertz CT molecular complexity index is 325. The Morgan fingerprint density at radius 2 is 2.12 bits per heavy atom. The molecule has 98 valence electrons. The highest BCUT2D eigenvalue weighted by Gasteiger charge is 2.13. The van der Waals surface area contributed by atoms with Gasteiger partial charge in [-0.05, 0) is 24.7 Å². The largest absolute Gasteiger partial charge is 0.323 e. The fraction of sp³-hybridized carbons (Fsp3) is 0.786. The minimum atomic E-state index is 0.134. The number of rotatable bonds is 6. The van der Waals surface area contributed by atoms with Gasteiger partial charge in [-0.2, -0.15) is 0 Å². The Kier molecular flexibility index (Phi) is 5.60. The van der Waals surface area contributed by atoms with Crippen molar-refractivity contribution in [1.82, 2.24) is 4.98 Å². The second-order valence-corrected chi connectivity index (χ2v) is 6.92. The number of aryl methyl sites for hydroxylation is 1. The molecule has 2 N–H and O–H groups in total. The van der Waals surface area contributed by atoms with Crippen LogP contribution < -0.4 is 5.73 Å². The van der Waals surface area contributed by atoms with Crippen molar-refractivity contribution in [3.63, 3.8) is 0 Å². The number of nitrogens with two attached hydrogens (primary N) is 1. The van der Waals surface area contributed by atoms with Crippen molar-refractivity contribution in [2.24, 2.45) is 11.1 Å². The van der Waals surface area contributed by atoms with E-state index < -0.39 is 0 Å². The van der Waals surface area contributed by atoms with Gasteiger partial charge in [0, 0.05) is 11.4 Å². The average molecular weight is 254 g/mol. The van der Waals surface area contributed by atoms with Gasteiger partial charge >= 0.3 is 0 Å². The van der Waals surface area contributed by atoms with Gasteiger partial charge in [0.2, 0.25) is 0 Å². The average Bonchev–Trinajstić information content (AvgIpc) is 2.70. The Morgan fingerprint density at radius 1 is 1.41 bits per heavy atom. The van der Waals surface area contributed by atoms with Crippen LogP contribution in [0.4, 0.5) is 0 Å². The Hall–Kier alpha value is -0.410. The van der Waals surface area contributed by atoms with Crippen LogP contribution in [0.25, 0.3) is 0 Å². The number of thiazole rings is 1. The summed E-state index contributed by atoms with van der Waals surface area (Å²) in [6.07, 6.45) is 5.71. The first-order valence-electron chi connectivity index (χ1n) is 6.62. The van der Waals surface area contributed by atoms with Gasteiger partial charge in [-0.15, -0.1) is 11.3 Å². The SMILES string of the molecule is CCCCC(N)c1csc(CCC(C)(C)C)n1. The topological polar surface area (TPSA) is 38.9 Å². The molecule has 0 saturated heterocycles. The minimum Gasteiger partial charge on any atom is -0.323 e. The maximum atomic E-state index is 6.12. The molecule has 1 heterocycles. The standard InChI is InChI=1S/C14H26N2S/c1-5-6-7-11(15)12-10-17-13(16-12)8-9-14(2,3)4/h10-11H,5-9,15H2,1-4H3. The van der Waals surface area contributed by atoms with E-state index in [1.165, 1.54) is 24.3 Å². The number of nitrogens with zero attached hydrogens (tertiary/aromatic N) is 1. The first-order chi connectivity index (χ1) is 7.92. The molecule has 0 spiro atoms. The highest BCUT2D eigenvalue weighted by molar-refractivity contribution is 7.09. The molecule has 2 nitrogen and oxygen atoms in total. The molecule has 1 aromatic rings. The van der Waals surface area contributed by atoms with Crippen LogP contribution in [0.15, 0.2) is 5.38 Å². The summed E-state index contributed by atoms with van der Waals surface area (Å²) in [7, 11) is 0. The smallest absolute Gasteiger partial charge is 0.0929 e. The lowest BCUT2D eigenvalue weighted by Crippen LogP contribution is -2.11. The van der Waals surface area contributed by atoms with E-state index in [1.807, 2.05) is 0 Å². The van der Waals surface area contributed by atoms with Crippen LogP contribution in [0.1, 0.15) is 70.1 Å². The van der Waals surface area contributed by atoms with E-state index in [0.717, 1.165) is 18.5 Å². The van der Waals surface area contributed by atoms with Crippen LogP contribution >= 0.6 is 11.3 Å². The third-order valence-electron chi connectivity index (χ3n) is 2.91. The van der Waals surface area contributed by atoms with Gasteiger partial charge in [0.1, 0.15) is 0 Å². The van der Waals surface area contributed by atoms with E-state index in [4.69, 9.17) is 5.73 Å². The van der Waals surface area contributed by atoms with Crippen LogP contribution in [0, 0.1) is 5.41 Å². The Labute approximate surface area is 110 Å². The second-order valence-electron chi connectivity index (χ2n) is 5.98. The molecule has 0 saturated carbocycles. The zero-order chi connectivity index (χ0) is 12.9. The van der Waals surface area contributed by atoms with Gasteiger partial charge in [-0.25, -0.2) is 4.98 Å². The van der Waals surface area contributed by atoms with Crippen molar-refractivity contribution in [2.45, 2.75) is 65.8 Å². The Balaban J connectivity index is 2.47. The molecule has 0 radical (unpaired) electrons. The summed E-state index contributed by atoms with van der Waals surface area (Å²) in [6.45, 7) is 9.01. The molecule has 0 bridgehead atoms. The van der Waals surface area contributed by atoms with E-state index in [9.17, 15) is 0 Å². The lowest BCUT2D eigenvalue weighted by molar-refractivity contribution is 0.377. The summed E-state index contributed by atoms with van der Waals surface area (Å²) < 4.78 is 0. The minimum absolute atomic E-state index is 0.134. The first-order valence-corrected chi connectivity index (χ1v) is 7.50. The molecule has 0 aliphatic rings. The van der Waals surface area contributed by atoms with E-state index in [-0.39, 0.29) is 6.04 Å². The fourth-order valence-electron chi connectivity index (χ4n) is 1.66. The zero-order valence-corrected chi connectivity index (χ0v) is 12.4. The van der Waals surface area contributed by atoms with Crippen molar-refractivity contribution < 1.29 is 0 Å². The van der Waals surface area contributed by atoms with E-state index in [1.54, 1.807) is 11.3 Å². The summed E-state index contributed by atoms with van der Waals surface area (Å²) in [6, 6.07) is 0.134. The van der Waals surface area contributed by atoms with Crippen LogP contribution in [0.5, 0.6) is 0 Å². The van der Waals surface area contributed by atoms with Gasteiger partial charge in [0.15, 0.2) is 0 Å². The molecule has 1 rings (SSSR count). The van der Waals surface area contributed by atoms with Crippen LogP contribution in [-0.2, 0) is 6.42 Å². The van der Waals surface area contributed by atoms with Crippen LogP contribution in [0.3, 0.4) is 0 Å². The van der Waals surface area contributed by atoms with Gasteiger partial charge in [0.05, 0.1) is 10.7 Å². The molecule has 1 aromatic heterocycles. The predicted octanol–water partition coefficient (Wildman–Crippen LogP) is 4.31. The molecule has 0 aliphatic heterocycles. The highest BCUT2D eigenvalue weighted by atomic mass is 32.1. The zero-order valence-electron chi connectivity index (χ0n) is 11.6. The van der Waals surface area contributed by atoms with Crippen molar-refractivity contribution in [2.75, 3.05) is 0 Å². The molecule has 1 unspecified atom stereocenters. The fourth-order valence-corrected chi connectivity index (χ4v) is 2.53. The van der Waals surface area contributed by atoms with Gasteiger partial charge in [-0.3, -0.25) is 0 Å². The van der Waals surface area contributed by atoms with Gasteiger partial charge in [0.25, 0.3) is 0 Å². The van der Waals surface area contributed by atoms with Crippen molar-refractivity contribution >= 4 is 11.3 Å². The van der Waals surface area contributed by atoms with Gasteiger partial charge in [-0.1, -0.05) is 40.5 Å². The summed E-state index contributed by atoms with van der Waals surface area (Å²) in [5, 5.41) is 3.38. The molecule has 0 fully saturated rings. The predicted molar refractivity (Wildman–Crippen MR) is 76.3 cm³/mol. The number of aromatic nitrogens is 1. The van der Waals surface area contributed by atoms with Crippen molar-refractivity contribution in [3.05, 3.63) is 16.1 Å². The maximum Gasteiger partial charge on any atom is 0.0929 e. The highest BCUT2D eigenvalue weighted by Crippen LogP contribution is 2.25. The van der Waals surface area contributed by atoms with Crippen molar-refractivity contribution in [3.8, 4) is 0 Å². The molecule has 3 heteroatoms. The van der Waals surface area contributed by atoms with E-state index >= 15 is 0 Å². The summed E-state index contributed by atoms with van der Waals surface area (Å²) in [5.41, 5.74) is 7.60. The molecule has 1 atom stereocenters. The lowest BCUT2D eigenvalue weighted by atomic mass is 9.91. The van der Waals surface area contributed by atoms with Gasteiger partial charge < -0.3 is 5.73 Å². The molecular formula is C14H26N2S. The normalized spacial score (nSPS) is 13.9. The van der Waals surface area contributed by atoms with E-state index in [0.29, 0.717) is 5.41 Å². The third kappa shape index (κ3) is 5.64. The molecule has 17 heavy (non-hydrogen) atoms. The second kappa shape index (κ2) is 6.50. The van der Waals surface area contributed by atoms with Crippen LogP contribution in [-0.4, -0.2) is 4.98 Å². The maximum absolute atomic E-state index is 6.12. The quantitative estimate of drug-likeness (QED) is 0.821. The number of unbranched alkanes of at least 4 members (excludes halogenated alkanes) is 1. The summed E-state index contributed by atoms with van der Waals surface area (Å²) in [4.78, 5) is 4.66.